The number of rotatable bonds is 2. The van der Waals surface area contributed by atoms with Gasteiger partial charge in [0.25, 0.3) is 0 Å². The molecule has 1 aliphatic rings. The Kier molecular flexibility index (Phi) is 3.05. The highest BCUT2D eigenvalue weighted by Crippen LogP contribution is 2.05. The normalized spacial score (nSPS) is 27.1. The highest BCUT2D eigenvalue weighted by atomic mass is 16.3. The van der Waals surface area contributed by atoms with Crippen LogP contribution in [0.5, 0.6) is 0 Å². The number of nitrogens with one attached hydrogen (secondary N) is 1. The summed E-state index contributed by atoms with van der Waals surface area (Å²) >= 11 is 0. The van der Waals surface area contributed by atoms with Crippen LogP contribution in [0.4, 0.5) is 0 Å². The predicted octanol–water partition coefficient (Wildman–Crippen LogP) is -0.812. The second-order valence-electron chi connectivity index (χ2n) is 3.43. The van der Waals surface area contributed by atoms with Crippen molar-refractivity contribution in [2.24, 2.45) is 0 Å². The zero-order chi connectivity index (χ0) is 9.14. The highest BCUT2D eigenvalue weighted by molar-refractivity contribution is 5.80. The molecule has 2 unspecified atom stereocenters. The summed E-state index contributed by atoms with van der Waals surface area (Å²) in [6, 6.07) is 0.220. The number of likely N-dealkylation sites (N-methyl/N-ethyl adjacent to an activating group) is 1. The molecule has 0 aromatic rings. The van der Waals surface area contributed by atoms with Crippen molar-refractivity contribution >= 4 is 5.91 Å². The molecule has 0 radical (unpaired) electrons. The third-order valence-corrected chi connectivity index (χ3v) is 2.12. The van der Waals surface area contributed by atoms with E-state index < -0.39 is 6.10 Å². The van der Waals surface area contributed by atoms with Crippen LogP contribution in [0.25, 0.3) is 0 Å². The first-order valence-corrected chi connectivity index (χ1v) is 4.26. The molecule has 1 heterocycles. The van der Waals surface area contributed by atoms with Crippen molar-refractivity contribution in [2.75, 3.05) is 20.1 Å². The SMILES string of the molecule is CC(O)C(=O)NC1CCN(C)C1. The van der Waals surface area contributed by atoms with Crippen LogP contribution < -0.4 is 5.32 Å². The first-order valence-electron chi connectivity index (χ1n) is 4.26. The molecular formula is C8H16N2O2. The Labute approximate surface area is 72.6 Å². The molecular weight excluding hydrogens is 156 g/mol. The lowest BCUT2D eigenvalue weighted by Gasteiger charge is -2.13. The second-order valence-corrected chi connectivity index (χ2v) is 3.43. The average Bonchev–Trinajstić information content (AvgIpc) is 2.35. The third kappa shape index (κ3) is 2.46. The number of amides is 1. The molecule has 0 aliphatic carbocycles. The summed E-state index contributed by atoms with van der Waals surface area (Å²) in [7, 11) is 2.02. The topological polar surface area (TPSA) is 52.6 Å². The fourth-order valence-electron chi connectivity index (χ4n) is 1.37. The van der Waals surface area contributed by atoms with E-state index in [0.29, 0.717) is 0 Å². The summed E-state index contributed by atoms with van der Waals surface area (Å²) < 4.78 is 0. The number of carbonyl (C=O) groups is 1. The second kappa shape index (κ2) is 3.87. The number of hydrogen-bond acceptors (Lipinski definition) is 3. The summed E-state index contributed by atoms with van der Waals surface area (Å²) in [5.41, 5.74) is 0. The molecule has 0 aromatic carbocycles. The van der Waals surface area contributed by atoms with Gasteiger partial charge in [0, 0.05) is 12.6 Å². The quantitative estimate of drug-likeness (QED) is 0.572. The van der Waals surface area contributed by atoms with E-state index in [9.17, 15) is 4.79 Å². The van der Waals surface area contributed by atoms with E-state index in [-0.39, 0.29) is 11.9 Å². The number of aliphatic hydroxyl groups excluding tert-OH is 1. The summed E-state index contributed by atoms with van der Waals surface area (Å²) in [5, 5.41) is 11.7. The summed E-state index contributed by atoms with van der Waals surface area (Å²) in [4.78, 5) is 13.2. The van der Waals surface area contributed by atoms with Crippen molar-refractivity contribution in [3.05, 3.63) is 0 Å². The fraction of sp³-hybridized carbons (Fsp3) is 0.875. The molecule has 1 saturated heterocycles. The monoisotopic (exact) mass is 172 g/mol. The molecule has 12 heavy (non-hydrogen) atoms. The number of aliphatic hydroxyl groups is 1. The van der Waals surface area contributed by atoms with Gasteiger partial charge in [-0.05, 0) is 26.9 Å². The lowest BCUT2D eigenvalue weighted by atomic mass is 10.2. The van der Waals surface area contributed by atoms with E-state index in [1.165, 1.54) is 6.92 Å². The van der Waals surface area contributed by atoms with Gasteiger partial charge in [0.1, 0.15) is 6.10 Å². The first kappa shape index (κ1) is 9.48. The molecule has 4 nitrogen and oxygen atoms in total. The zero-order valence-corrected chi connectivity index (χ0v) is 7.58. The van der Waals surface area contributed by atoms with Gasteiger partial charge in [0.15, 0.2) is 0 Å². The smallest absolute Gasteiger partial charge is 0.248 e. The highest BCUT2D eigenvalue weighted by Gasteiger charge is 2.22. The Morgan fingerprint density at radius 3 is 2.83 bits per heavy atom. The molecule has 0 saturated carbocycles. The molecule has 1 rings (SSSR count). The third-order valence-electron chi connectivity index (χ3n) is 2.12. The van der Waals surface area contributed by atoms with Crippen molar-refractivity contribution < 1.29 is 9.90 Å². The summed E-state index contributed by atoms with van der Waals surface area (Å²) in [6.07, 6.45) is 0.0884. The van der Waals surface area contributed by atoms with Crippen LogP contribution in [0.2, 0.25) is 0 Å². The lowest BCUT2D eigenvalue weighted by molar-refractivity contribution is -0.129. The molecule has 1 amide bonds. The first-order chi connectivity index (χ1) is 5.59. The van der Waals surface area contributed by atoms with Crippen molar-refractivity contribution in [3.8, 4) is 0 Å². The van der Waals surface area contributed by atoms with Gasteiger partial charge in [-0.3, -0.25) is 4.79 Å². The maximum Gasteiger partial charge on any atom is 0.248 e. The van der Waals surface area contributed by atoms with Gasteiger partial charge >= 0.3 is 0 Å². The molecule has 0 spiro atoms. The van der Waals surface area contributed by atoms with Crippen LogP contribution in [-0.2, 0) is 4.79 Å². The van der Waals surface area contributed by atoms with Crippen LogP contribution in [0.3, 0.4) is 0 Å². The van der Waals surface area contributed by atoms with Crippen LogP contribution in [0, 0.1) is 0 Å². The standard InChI is InChI=1S/C8H16N2O2/c1-6(11)8(12)9-7-3-4-10(2)5-7/h6-7,11H,3-5H2,1-2H3,(H,9,12). The number of carbonyl (C=O) groups excluding carboxylic acids is 1. The van der Waals surface area contributed by atoms with Gasteiger partial charge < -0.3 is 15.3 Å². The Hall–Kier alpha value is -0.610. The van der Waals surface area contributed by atoms with E-state index in [4.69, 9.17) is 5.11 Å². The molecule has 1 fully saturated rings. The van der Waals surface area contributed by atoms with Crippen LogP contribution in [0.1, 0.15) is 13.3 Å². The van der Waals surface area contributed by atoms with Crippen molar-refractivity contribution in [3.63, 3.8) is 0 Å². The molecule has 0 bridgehead atoms. The largest absolute Gasteiger partial charge is 0.384 e. The van der Waals surface area contributed by atoms with Crippen LogP contribution in [-0.4, -0.2) is 48.2 Å². The predicted molar refractivity (Wildman–Crippen MR) is 45.7 cm³/mol. The summed E-state index contributed by atoms with van der Waals surface area (Å²) in [6.45, 7) is 3.39. The van der Waals surface area contributed by atoms with Crippen LogP contribution in [0.15, 0.2) is 0 Å². The van der Waals surface area contributed by atoms with Crippen molar-refractivity contribution in [2.45, 2.75) is 25.5 Å². The minimum atomic E-state index is -0.893. The van der Waals surface area contributed by atoms with Gasteiger partial charge in [-0.2, -0.15) is 0 Å². The Bertz CT molecular complexity index is 170. The van der Waals surface area contributed by atoms with E-state index >= 15 is 0 Å². The van der Waals surface area contributed by atoms with Crippen LogP contribution >= 0.6 is 0 Å². The Morgan fingerprint density at radius 2 is 2.42 bits per heavy atom. The zero-order valence-electron chi connectivity index (χ0n) is 7.58. The number of likely N-dealkylation sites (tertiary alicyclic amines) is 1. The number of hydrogen-bond donors (Lipinski definition) is 2. The van der Waals surface area contributed by atoms with Gasteiger partial charge in [0.05, 0.1) is 0 Å². The van der Waals surface area contributed by atoms with Crippen molar-refractivity contribution in [1.29, 1.82) is 0 Å². The minimum absolute atomic E-state index is 0.220. The maximum absolute atomic E-state index is 11.0. The molecule has 1 aliphatic heterocycles. The minimum Gasteiger partial charge on any atom is -0.384 e. The van der Waals surface area contributed by atoms with Crippen molar-refractivity contribution in [1.82, 2.24) is 10.2 Å². The lowest BCUT2D eigenvalue weighted by Crippen LogP contribution is -2.41. The van der Waals surface area contributed by atoms with Gasteiger partial charge in [-0.25, -0.2) is 0 Å². The van der Waals surface area contributed by atoms with E-state index in [1.807, 2.05) is 7.05 Å². The van der Waals surface area contributed by atoms with Gasteiger partial charge in [-0.1, -0.05) is 0 Å². The molecule has 70 valence electrons. The molecule has 2 atom stereocenters. The molecule has 4 heteroatoms. The van der Waals surface area contributed by atoms with Gasteiger partial charge in [0.2, 0.25) is 5.91 Å². The van der Waals surface area contributed by atoms with Gasteiger partial charge in [-0.15, -0.1) is 0 Å². The fourth-order valence-corrected chi connectivity index (χ4v) is 1.37. The Balaban J connectivity index is 2.28. The van der Waals surface area contributed by atoms with E-state index in [1.54, 1.807) is 0 Å². The average molecular weight is 172 g/mol. The molecule has 2 N–H and O–H groups in total. The maximum atomic E-state index is 11.0. The number of nitrogens with zero attached hydrogens (tertiary/aromatic N) is 1. The molecule has 0 aromatic heterocycles. The Morgan fingerprint density at radius 1 is 1.75 bits per heavy atom. The summed E-state index contributed by atoms with van der Waals surface area (Å²) in [5.74, 6) is -0.268. The van der Waals surface area contributed by atoms with E-state index in [0.717, 1.165) is 19.5 Å². The van der Waals surface area contributed by atoms with E-state index in [2.05, 4.69) is 10.2 Å².